The third-order valence-corrected chi connectivity index (χ3v) is 3.58. The zero-order valence-corrected chi connectivity index (χ0v) is 10.9. The van der Waals surface area contributed by atoms with Gasteiger partial charge in [0.1, 0.15) is 0 Å². The van der Waals surface area contributed by atoms with Crippen molar-refractivity contribution in [3.8, 4) is 0 Å². The molecule has 2 rings (SSSR count). The predicted octanol–water partition coefficient (Wildman–Crippen LogP) is 3.05. The summed E-state index contributed by atoms with van der Waals surface area (Å²) in [5.74, 6) is 0. The summed E-state index contributed by atoms with van der Waals surface area (Å²) in [6.45, 7) is 0.0620. The second-order valence-electron chi connectivity index (χ2n) is 3.98. The third kappa shape index (κ3) is 3.30. The molecule has 2 aromatic rings. The minimum Gasteiger partial charge on any atom is -0.326 e. The number of hydrogen-bond donors (Lipinski definition) is 1. The van der Waals surface area contributed by atoms with Gasteiger partial charge in [-0.3, -0.25) is 4.68 Å². The molecule has 3 nitrogen and oxygen atoms in total. The SMILES string of the molecule is Cn1cc(Sc2ccc(C(F)(F)F)cc2CN)cn1. The highest BCUT2D eigenvalue weighted by Gasteiger charge is 2.30. The molecule has 1 aromatic heterocycles. The first kappa shape index (κ1) is 14.0. The minimum atomic E-state index is -4.35. The van der Waals surface area contributed by atoms with E-state index in [0.717, 1.165) is 17.0 Å². The van der Waals surface area contributed by atoms with E-state index >= 15 is 0 Å². The lowest BCUT2D eigenvalue weighted by Crippen LogP contribution is -2.07. The molecule has 1 aromatic carbocycles. The van der Waals surface area contributed by atoms with Crippen LogP contribution in [0.5, 0.6) is 0 Å². The fourth-order valence-electron chi connectivity index (χ4n) is 1.59. The van der Waals surface area contributed by atoms with E-state index in [4.69, 9.17) is 5.73 Å². The number of rotatable bonds is 3. The Kier molecular flexibility index (Phi) is 3.86. The van der Waals surface area contributed by atoms with Crippen LogP contribution in [0.1, 0.15) is 11.1 Å². The molecule has 102 valence electrons. The van der Waals surface area contributed by atoms with Crippen LogP contribution >= 0.6 is 11.8 Å². The number of aromatic nitrogens is 2. The van der Waals surface area contributed by atoms with E-state index in [1.165, 1.54) is 17.8 Å². The molecule has 19 heavy (non-hydrogen) atoms. The molecule has 0 aliphatic rings. The zero-order valence-electron chi connectivity index (χ0n) is 10.1. The molecule has 0 radical (unpaired) electrons. The Balaban J connectivity index is 2.31. The smallest absolute Gasteiger partial charge is 0.326 e. The highest BCUT2D eigenvalue weighted by molar-refractivity contribution is 7.99. The van der Waals surface area contributed by atoms with Crippen LogP contribution in [-0.2, 0) is 19.8 Å². The van der Waals surface area contributed by atoms with Crippen molar-refractivity contribution >= 4 is 11.8 Å². The number of aryl methyl sites for hydroxylation is 1. The van der Waals surface area contributed by atoms with Crippen molar-refractivity contribution in [2.24, 2.45) is 12.8 Å². The Morgan fingerprint density at radius 1 is 1.37 bits per heavy atom. The van der Waals surface area contributed by atoms with Crippen molar-refractivity contribution in [1.29, 1.82) is 0 Å². The molecule has 0 amide bonds. The Bertz CT molecular complexity index is 578. The summed E-state index contributed by atoms with van der Waals surface area (Å²) in [6, 6.07) is 3.61. The largest absolute Gasteiger partial charge is 0.416 e. The fourth-order valence-corrected chi connectivity index (χ4v) is 2.56. The summed E-state index contributed by atoms with van der Waals surface area (Å²) in [7, 11) is 1.78. The molecule has 0 aliphatic heterocycles. The fraction of sp³-hybridized carbons (Fsp3) is 0.250. The van der Waals surface area contributed by atoms with Gasteiger partial charge in [-0.05, 0) is 23.8 Å². The van der Waals surface area contributed by atoms with Gasteiger partial charge in [0, 0.05) is 24.7 Å². The summed E-state index contributed by atoms with van der Waals surface area (Å²) >= 11 is 1.35. The third-order valence-electron chi connectivity index (χ3n) is 2.52. The Morgan fingerprint density at radius 3 is 2.63 bits per heavy atom. The highest BCUT2D eigenvalue weighted by atomic mass is 32.2. The van der Waals surface area contributed by atoms with Crippen LogP contribution in [0.25, 0.3) is 0 Å². The van der Waals surface area contributed by atoms with E-state index in [0.29, 0.717) is 10.5 Å². The second kappa shape index (κ2) is 5.26. The maximum absolute atomic E-state index is 12.6. The van der Waals surface area contributed by atoms with Crippen LogP contribution in [0.15, 0.2) is 40.4 Å². The van der Waals surface area contributed by atoms with Crippen LogP contribution in [0.4, 0.5) is 13.2 Å². The van der Waals surface area contributed by atoms with Gasteiger partial charge in [0.05, 0.1) is 16.7 Å². The quantitative estimate of drug-likeness (QED) is 0.943. The number of alkyl halides is 3. The van der Waals surface area contributed by atoms with Crippen molar-refractivity contribution in [2.45, 2.75) is 22.5 Å². The Labute approximate surface area is 112 Å². The standard InChI is InChI=1S/C12H12F3N3S/c1-18-7-10(6-17-18)19-11-3-2-9(12(13,14)15)4-8(11)5-16/h2-4,6-7H,5,16H2,1H3. The van der Waals surface area contributed by atoms with Gasteiger partial charge in [-0.2, -0.15) is 18.3 Å². The number of nitrogens with two attached hydrogens (primary N) is 1. The van der Waals surface area contributed by atoms with E-state index in [1.807, 2.05) is 0 Å². The summed E-state index contributed by atoms with van der Waals surface area (Å²) in [5.41, 5.74) is 5.32. The highest BCUT2D eigenvalue weighted by Crippen LogP contribution is 2.35. The second-order valence-corrected chi connectivity index (χ2v) is 5.09. The lowest BCUT2D eigenvalue weighted by atomic mass is 10.1. The van der Waals surface area contributed by atoms with E-state index in [-0.39, 0.29) is 6.54 Å². The zero-order chi connectivity index (χ0) is 14.0. The van der Waals surface area contributed by atoms with E-state index in [9.17, 15) is 13.2 Å². The molecule has 1 heterocycles. The number of nitrogens with zero attached hydrogens (tertiary/aromatic N) is 2. The number of hydrogen-bond acceptors (Lipinski definition) is 3. The van der Waals surface area contributed by atoms with Crippen LogP contribution in [-0.4, -0.2) is 9.78 Å². The Hall–Kier alpha value is -1.47. The molecular weight excluding hydrogens is 275 g/mol. The molecule has 0 spiro atoms. The van der Waals surface area contributed by atoms with Crippen LogP contribution in [0, 0.1) is 0 Å². The molecule has 0 unspecified atom stereocenters. The van der Waals surface area contributed by atoms with Crippen LogP contribution < -0.4 is 5.73 Å². The molecule has 0 saturated heterocycles. The van der Waals surface area contributed by atoms with Crippen molar-refractivity contribution < 1.29 is 13.2 Å². The monoisotopic (exact) mass is 287 g/mol. The Morgan fingerprint density at radius 2 is 2.11 bits per heavy atom. The first-order chi connectivity index (χ1) is 8.90. The van der Waals surface area contributed by atoms with Gasteiger partial charge in [-0.1, -0.05) is 11.8 Å². The average Bonchev–Trinajstić information content (AvgIpc) is 2.74. The van der Waals surface area contributed by atoms with Gasteiger partial charge in [0.25, 0.3) is 0 Å². The van der Waals surface area contributed by atoms with Gasteiger partial charge in [-0.25, -0.2) is 0 Å². The molecule has 2 N–H and O–H groups in total. The van der Waals surface area contributed by atoms with Crippen LogP contribution in [0.2, 0.25) is 0 Å². The van der Waals surface area contributed by atoms with Crippen molar-refractivity contribution in [3.63, 3.8) is 0 Å². The molecular formula is C12H12F3N3S. The lowest BCUT2D eigenvalue weighted by Gasteiger charge is -2.11. The van der Waals surface area contributed by atoms with Gasteiger partial charge in [-0.15, -0.1) is 0 Å². The van der Waals surface area contributed by atoms with Gasteiger partial charge in [0.2, 0.25) is 0 Å². The lowest BCUT2D eigenvalue weighted by molar-refractivity contribution is -0.137. The molecule has 0 aliphatic carbocycles. The minimum absolute atomic E-state index is 0.0620. The maximum Gasteiger partial charge on any atom is 0.416 e. The van der Waals surface area contributed by atoms with E-state index < -0.39 is 11.7 Å². The average molecular weight is 287 g/mol. The molecule has 0 atom stereocenters. The number of halogens is 3. The predicted molar refractivity (Wildman–Crippen MR) is 66.7 cm³/mol. The van der Waals surface area contributed by atoms with Gasteiger partial charge >= 0.3 is 6.18 Å². The molecule has 0 fully saturated rings. The van der Waals surface area contributed by atoms with Crippen molar-refractivity contribution in [2.75, 3.05) is 0 Å². The summed E-state index contributed by atoms with van der Waals surface area (Å²) in [6.07, 6.45) is -0.896. The molecule has 0 bridgehead atoms. The molecule has 0 saturated carbocycles. The van der Waals surface area contributed by atoms with Gasteiger partial charge < -0.3 is 5.73 Å². The molecule has 7 heteroatoms. The van der Waals surface area contributed by atoms with Crippen LogP contribution in [0.3, 0.4) is 0 Å². The van der Waals surface area contributed by atoms with E-state index in [1.54, 1.807) is 24.1 Å². The number of benzene rings is 1. The van der Waals surface area contributed by atoms with Gasteiger partial charge in [0.15, 0.2) is 0 Å². The van der Waals surface area contributed by atoms with Crippen molar-refractivity contribution in [3.05, 3.63) is 41.7 Å². The first-order valence-corrected chi connectivity index (χ1v) is 6.28. The van der Waals surface area contributed by atoms with E-state index in [2.05, 4.69) is 5.10 Å². The topological polar surface area (TPSA) is 43.8 Å². The maximum atomic E-state index is 12.6. The normalized spacial score (nSPS) is 11.8. The van der Waals surface area contributed by atoms with Crippen molar-refractivity contribution in [1.82, 2.24) is 9.78 Å². The summed E-state index contributed by atoms with van der Waals surface area (Å²) < 4.78 is 39.4. The summed E-state index contributed by atoms with van der Waals surface area (Å²) in [4.78, 5) is 1.57. The first-order valence-electron chi connectivity index (χ1n) is 5.47. The summed E-state index contributed by atoms with van der Waals surface area (Å²) in [5, 5.41) is 4.01.